The van der Waals surface area contributed by atoms with Crippen LogP contribution in [0.1, 0.15) is 22.3 Å². The Balaban J connectivity index is 0.000000755. The van der Waals surface area contributed by atoms with Gasteiger partial charge in [0.05, 0.1) is 5.56 Å². The van der Waals surface area contributed by atoms with E-state index in [4.69, 9.17) is 9.90 Å². The van der Waals surface area contributed by atoms with Crippen LogP contribution in [0.2, 0.25) is 0 Å². The van der Waals surface area contributed by atoms with Crippen LogP contribution in [0, 0.1) is 0 Å². The van der Waals surface area contributed by atoms with Gasteiger partial charge in [0, 0.05) is 38.3 Å². The van der Waals surface area contributed by atoms with Crippen LogP contribution in [0.15, 0.2) is 47.4 Å². The second-order valence-corrected chi connectivity index (χ2v) is 7.32. The number of carboxylic acid groups (broad SMARTS) is 1. The van der Waals surface area contributed by atoms with Crippen LogP contribution in [-0.2, 0) is 11.3 Å². The molecule has 0 spiro atoms. The summed E-state index contributed by atoms with van der Waals surface area (Å²) in [5.41, 5.74) is 2.83. The van der Waals surface area contributed by atoms with Gasteiger partial charge in [0.25, 0.3) is 12.4 Å². The molecule has 1 amide bonds. The first-order chi connectivity index (χ1) is 14.2. The number of hydrogen-bond acceptors (Lipinski definition) is 6. The van der Waals surface area contributed by atoms with Crippen LogP contribution in [0.3, 0.4) is 0 Å². The lowest BCUT2D eigenvalue weighted by atomic mass is 10.1. The molecule has 1 aliphatic heterocycles. The minimum atomic E-state index is -0.250. The zero-order chi connectivity index (χ0) is 20.5. The van der Waals surface area contributed by atoms with Crippen LogP contribution >= 0.6 is 11.3 Å². The Morgan fingerprint density at radius 2 is 2.03 bits per heavy atom. The summed E-state index contributed by atoms with van der Waals surface area (Å²) in [5.74, 6) is 0.692. The Kier molecular flexibility index (Phi) is 7.48. The minimum Gasteiger partial charge on any atom is -0.483 e. The van der Waals surface area contributed by atoms with Crippen LogP contribution in [0.25, 0.3) is 11.4 Å². The molecule has 8 nitrogen and oxygen atoms in total. The number of nitrogens with one attached hydrogen (secondary N) is 1. The first-order valence-corrected chi connectivity index (χ1v) is 10.2. The van der Waals surface area contributed by atoms with Gasteiger partial charge in [-0.25, -0.2) is 4.98 Å². The van der Waals surface area contributed by atoms with E-state index in [0.29, 0.717) is 11.4 Å². The molecule has 2 aromatic heterocycles. The zero-order valence-electron chi connectivity index (χ0n) is 15.9. The summed E-state index contributed by atoms with van der Waals surface area (Å²) in [6.07, 6.45) is 2.45. The lowest BCUT2D eigenvalue weighted by molar-refractivity contribution is -0.122. The van der Waals surface area contributed by atoms with E-state index in [1.165, 1.54) is 11.9 Å². The van der Waals surface area contributed by atoms with Crippen molar-refractivity contribution >= 4 is 23.7 Å². The van der Waals surface area contributed by atoms with Crippen LogP contribution in [0.5, 0.6) is 0 Å². The first-order valence-electron chi connectivity index (χ1n) is 9.28. The molecule has 0 bridgehead atoms. The van der Waals surface area contributed by atoms with Gasteiger partial charge in [0.15, 0.2) is 5.82 Å². The van der Waals surface area contributed by atoms with Crippen molar-refractivity contribution in [3.63, 3.8) is 0 Å². The highest BCUT2D eigenvalue weighted by molar-refractivity contribution is 7.07. The molecule has 1 aliphatic rings. The molecule has 1 aromatic carbocycles. The van der Waals surface area contributed by atoms with Crippen molar-refractivity contribution in [2.75, 3.05) is 26.2 Å². The molecule has 29 heavy (non-hydrogen) atoms. The number of H-pyrrole nitrogens is 1. The standard InChI is InChI=1S/C19H21N5OS.CH2O2/c25-19(17-5-2-1-4-16(17)18-20-14-21-22-18)24-8-3-7-23(9-10-24)12-15-6-11-26-13-15;2-1-3/h1-2,4-6,11,13-14H,3,7-10,12H2,(H,20,21,22);1H,(H,2,3). The van der Waals surface area contributed by atoms with Gasteiger partial charge in [-0.1, -0.05) is 18.2 Å². The second kappa shape index (κ2) is 10.5. The topological polar surface area (TPSA) is 102 Å². The highest BCUT2D eigenvalue weighted by Crippen LogP contribution is 2.22. The number of hydrogen-bond donors (Lipinski definition) is 2. The van der Waals surface area contributed by atoms with Gasteiger partial charge in [-0.3, -0.25) is 19.6 Å². The average molecular weight is 414 g/mol. The van der Waals surface area contributed by atoms with E-state index in [1.54, 1.807) is 11.3 Å². The van der Waals surface area contributed by atoms with E-state index in [2.05, 4.69) is 36.9 Å². The maximum absolute atomic E-state index is 13.1. The molecule has 0 aliphatic carbocycles. The van der Waals surface area contributed by atoms with Crippen molar-refractivity contribution in [2.24, 2.45) is 0 Å². The van der Waals surface area contributed by atoms with Crippen molar-refractivity contribution < 1.29 is 14.7 Å². The monoisotopic (exact) mass is 413 g/mol. The lowest BCUT2D eigenvalue weighted by Crippen LogP contribution is -2.35. The Labute approximate surface area is 172 Å². The number of benzene rings is 1. The van der Waals surface area contributed by atoms with E-state index >= 15 is 0 Å². The summed E-state index contributed by atoms with van der Waals surface area (Å²) in [5, 5.41) is 18.0. The molecule has 3 aromatic rings. The molecule has 152 valence electrons. The van der Waals surface area contributed by atoms with Crippen LogP contribution in [0.4, 0.5) is 0 Å². The Morgan fingerprint density at radius 3 is 2.76 bits per heavy atom. The van der Waals surface area contributed by atoms with Crippen molar-refractivity contribution in [3.8, 4) is 11.4 Å². The molecule has 2 N–H and O–H groups in total. The van der Waals surface area contributed by atoms with Crippen molar-refractivity contribution in [1.29, 1.82) is 0 Å². The average Bonchev–Trinajstić information content (AvgIpc) is 3.40. The van der Waals surface area contributed by atoms with Gasteiger partial charge in [0.1, 0.15) is 6.33 Å². The first kappa shape index (κ1) is 20.7. The third-order valence-electron chi connectivity index (χ3n) is 4.69. The van der Waals surface area contributed by atoms with E-state index in [0.717, 1.165) is 44.7 Å². The number of aromatic amines is 1. The number of carbonyl (C=O) groups excluding carboxylic acids is 1. The molecule has 3 heterocycles. The van der Waals surface area contributed by atoms with Gasteiger partial charge >= 0.3 is 0 Å². The molecule has 4 rings (SSSR count). The number of amides is 1. The fourth-order valence-corrected chi connectivity index (χ4v) is 4.01. The summed E-state index contributed by atoms with van der Waals surface area (Å²) in [7, 11) is 0. The van der Waals surface area contributed by atoms with Crippen molar-refractivity contribution in [1.82, 2.24) is 25.0 Å². The quantitative estimate of drug-likeness (QED) is 0.638. The van der Waals surface area contributed by atoms with E-state index < -0.39 is 0 Å². The van der Waals surface area contributed by atoms with E-state index in [1.807, 2.05) is 29.2 Å². The summed E-state index contributed by atoms with van der Waals surface area (Å²) >= 11 is 1.73. The van der Waals surface area contributed by atoms with Crippen LogP contribution < -0.4 is 0 Å². The molecule has 0 radical (unpaired) electrons. The smallest absolute Gasteiger partial charge is 0.290 e. The Morgan fingerprint density at radius 1 is 1.21 bits per heavy atom. The van der Waals surface area contributed by atoms with Crippen molar-refractivity contribution in [3.05, 3.63) is 58.5 Å². The van der Waals surface area contributed by atoms with Gasteiger partial charge in [-0.15, -0.1) is 0 Å². The summed E-state index contributed by atoms with van der Waals surface area (Å²) in [6, 6.07) is 9.77. The molecular weight excluding hydrogens is 390 g/mol. The number of carbonyl (C=O) groups is 2. The summed E-state index contributed by atoms with van der Waals surface area (Å²) in [4.78, 5) is 30.1. The van der Waals surface area contributed by atoms with Gasteiger partial charge in [-0.2, -0.15) is 16.4 Å². The molecule has 1 saturated heterocycles. The fraction of sp³-hybridized carbons (Fsp3) is 0.300. The fourth-order valence-electron chi connectivity index (χ4n) is 3.35. The summed E-state index contributed by atoms with van der Waals surface area (Å²) in [6.45, 7) is 4.15. The minimum absolute atomic E-state index is 0.0642. The number of thiophene rings is 1. The predicted octanol–water partition coefficient (Wildman–Crippen LogP) is 2.58. The lowest BCUT2D eigenvalue weighted by Gasteiger charge is -2.22. The molecule has 0 atom stereocenters. The highest BCUT2D eigenvalue weighted by Gasteiger charge is 2.23. The Hall–Kier alpha value is -3.04. The molecular formula is C20H23N5O3S. The largest absolute Gasteiger partial charge is 0.483 e. The maximum atomic E-state index is 13.1. The SMILES string of the molecule is O=C(c1ccccc1-c1ncn[nH]1)N1CCCN(Cc2ccsc2)CC1.O=CO. The summed E-state index contributed by atoms with van der Waals surface area (Å²) < 4.78 is 0. The molecule has 0 unspecified atom stereocenters. The van der Waals surface area contributed by atoms with Crippen molar-refractivity contribution in [2.45, 2.75) is 13.0 Å². The molecule has 1 fully saturated rings. The third-order valence-corrected chi connectivity index (χ3v) is 5.42. The predicted molar refractivity (Wildman–Crippen MR) is 111 cm³/mol. The second-order valence-electron chi connectivity index (χ2n) is 6.54. The van der Waals surface area contributed by atoms with Gasteiger partial charge in [0.2, 0.25) is 0 Å². The van der Waals surface area contributed by atoms with E-state index in [-0.39, 0.29) is 12.4 Å². The van der Waals surface area contributed by atoms with Gasteiger partial charge in [-0.05, 0) is 34.9 Å². The maximum Gasteiger partial charge on any atom is 0.290 e. The number of aromatic nitrogens is 3. The third kappa shape index (κ3) is 5.49. The highest BCUT2D eigenvalue weighted by atomic mass is 32.1. The normalized spacial score (nSPS) is 14.6. The Bertz CT molecular complexity index is 899. The number of nitrogens with zero attached hydrogens (tertiary/aromatic N) is 4. The molecule has 9 heteroatoms. The van der Waals surface area contributed by atoms with Gasteiger partial charge < -0.3 is 10.0 Å². The van der Waals surface area contributed by atoms with E-state index in [9.17, 15) is 4.79 Å². The van der Waals surface area contributed by atoms with Crippen LogP contribution in [-0.4, -0.2) is 68.6 Å². The zero-order valence-corrected chi connectivity index (χ0v) is 16.7. The number of rotatable bonds is 4. The molecule has 0 saturated carbocycles.